The average molecular weight is 507 g/mol. The molecule has 33 heavy (non-hydrogen) atoms. The van der Waals surface area contributed by atoms with Crippen LogP contribution in [0.3, 0.4) is 0 Å². The normalized spacial score (nSPS) is 14.8. The lowest BCUT2D eigenvalue weighted by atomic mass is 9.97. The predicted octanol–water partition coefficient (Wildman–Crippen LogP) is 4.64. The zero-order chi connectivity index (χ0) is 23.2. The van der Waals surface area contributed by atoms with Gasteiger partial charge in [-0.25, -0.2) is 22.6 Å². The van der Waals surface area contributed by atoms with E-state index >= 15 is 0 Å². The van der Waals surface area contributed by atoms with Crippen LogP contribution in [-0.4, -0.2) is 30.8 Å². The van der Waals surface area contributed by atoms with Crippen LogP contribution in [0.25, 0.3) is 11.1 Å². The highest BCUT2D eigenvalue weighted by Gasteiger charge is 2.29. The molecule has 2 amide bonds. The third kappa shape index (κ3) is 4.05. The molecule has 0 unspecified atom stereocenters. The number of hydrogen-bond donors (Lipinski definition) is 2. The van der Waals surface area contributed by atoms with Gasteiger partial charge in [-0.1, -0.05) is 47.5 Å². The highest BCUT2D eigenvalue weighted by Crippen LogP contribution is 2.42. The van der Waals surface area contributed by atoms with Crippen molar-refractivity contribution in [3.63, 3.8) is 0 Å². The molecule has 0 saturated heterocycles. The van der Waals surface area contributed by atoms with Gasteiger partial charge in [0.05, 0.1) is 28.5 Å². The van der Waals surface area contributed by atoms with Gasteiger partial charge >= 0.3 is 6.03 Å². The van der Waals surface area contributed by atoms with E-state index in [-0.39, 0.29) is 10.8 Å². The second-order valence-corrected chi connectivity index (χ2v) is 10.3. The molecule has 5 rings (SSSR count). The Kier molecular flexibility index (Phi) is 5.72. The van der Waals surface area contributed by atoms with Gasteiger partial charge in [-0.2, -0.15) is 5.10 Å². The monoisotopic (exact) mass is 506 g/mol. The van der Waals surface area contributed by atoms with Gasteiger partial charge in [0, 0.05) is 24.1 Å². The molecule has 0 fully saturated rings. The lowest BCUT2D eigenvalue weighted by Crippen LogP contribution is -2.35. The predicted molar refractivity (Wildman–Crippen MR) is 126 cm³/mol. The molecule has 172 valence electrons. The standard InChI is InChI=1S/C22H20Cl2N4O4S/c23-17-7-2-6-15(19(17)24)16-9-8-13-4-1-5-14(13)20(16)26-22(29)27-33(30,31)18-12-25-28-10-3-11-32-21(18)28/h2,6-9,12H,1,3-5,10-11H2,(H2,26,27,29). The largest absolute Gasteiger partial charge is 0.477 e. The van der Waals surface area contributed by atoms with Crippen LogP contribution in [-0.2, 0) is 29.4 Å². The fourth-order valence-electron chi connectivity index (χ4n) is 4.29. The molecule has 0 spiro atoms. The topological polar surface area (TPSA) is 102 Å². The molecule has 0 radical (unpaired) electrons. The van der Waals surface area contributed by atoms with Crippen molar-refractivity contribution in [2.24, 2.45) is 0 Å². The van der Waals surface area contributed by atoms with Gasteiger partial charge in [-0.05, 0) is 36.5 Å². The first-order valence-electron chi connectivity index (χ1n) is 10.5. The fourth-order valence-corrected chi connectivity index (χ4v) is 5.68. The number of fused-ring (bicyclic) bond motifs is 2. The minimum Gasteiger partial charge on any atom is -0.477 e. The number of nitrogens with one attached hydrogen (secondary N) is 2. The van der Waals surface area contributed by atoms with Gasteiger partial charge in [0.2, 0.25) is 5.88 Å². The lowest BCUT2D eigenvalue weighted by Gasteiger charge is -2.18. The molecule has 0 saturated carbocycles. The molecule has 2 aliphatic rings. The summed E-state index contributed by atoms with van der Waals surface area (Å²) >= 11 is 12.7. The van der Waals surface area contributed by atoms with Gasteiger partial charge in [0.15, 0.2) is 4.90 Å². The highest BCUT2D eigenvalue weighted by molar-refractivity contribution is 7.90. The molecule has 3 aromatic rings. The first-order valence-corrected chi connectivity index (χ1v) is 12.7. The van der Waals surface area contributed by atoms with E-state index in [1.165, 1.54) is 10.9 Å². The summed E-state index contributed by atoms with van der Waals surface area (Å²) in [5.74, 6) is 0.133. The lowest BCUT2D eigenvalue weighted by molar-refractivity contribution is 0.224. The van der Waals surface area contributed by atoms with Crippen LogP contribution < -0.4 is 14.8 Å². The first-order chi connectivity index (χ1) is 15.8. The summed E-state index contributed by atoms with van der Waals surface area (Å²) in [6, 6.07) is 8.25. The first kappa shape index (κ1) is 22.1. The van der Waals surface area contributed by atoms with Gasteiger partial charge in [-0.15, -0.1) is 0 Å². The number of urea groups is 1. The Bertz CT molecular complexity index is 1370. The fraction of sp³-hybridized carbons (Fsp3) is 0.273. The number of nitrogens with zero attached hydrogens (tertiary/aromatic N) is 2. The van der Waals surface area contributed by atoms with Crippen molar-refractivity contribution in [2.45, 2.75) is 37.1 Å². The van der Waals surface area contributed by atoms with E-state index in [1.54, 1.807) is 18.2 Å². The van der Waals surface area contributed by atoms with Crippen molar-refractivity contribution in [3.8, 4) is 17.0 Å². The molecule has 1 aromatic heterocycles. The summed E-state index contributed by atoms with van der Waals surface area (Å²) in [6.07, 6.45) is 4.50. The van der Waals surface area contributed by atoms with Crippen LogP contribution in [0, 0.1) is 0 Å². The number of amides is 2. The second kappa shape index (κ2) is 8.55. The molecule has 8 nitrogen and oxygen atoms in total. The Hall–Kier alpha value is -2.75. The van der Waals surface area contributed by atoms with Crippen molar-refractivity contribution in [1.82, 2.24) is 14.5 Å². The van der Waals surface area contributed by atoms with Crippen LogP contribution in [0.5, 0.6) is 5.88 Å². The van der Waals surface area contributed by atoms with Crippen LogP contribution in [0.1, 0.15) is 24.0 Å². The maximum absolute atomic E-state index is 12.9. The van der Waals surface area contributed by atoms with E-state index in [9.17, 15) is 13.2 Å². The SMILES string of the molecule is O=C(Nc1c(-c2cccc(Cl)c2Cl)ccc2c1CCC2)NS(=O)(=O)c1cnn2c1OCCC2. The van der Waals surface area contributed by atoms with Gasteiger partial charge in [0.1, 0.15) is 0 Å². The third-order valence-electron chi connectivity index (χ3n) is 5.79. The number of aromatic nitrogens is 2. The quantitative estimate of drug-likeness (QED) is 0.536. The van der Waals surface area contributed by atoms with E-state index in [0.717, 1.165) is 36.8 Å². The average Bonchev–Trinajstić information content (AvgIpc) is 3.43. The van der Waals surface area contributed by atoms with Crippen LogP contribution in [0.2, 0.25) is 10.0 Å². The van der Waals surface area contributed by atoms with Crippen molar-refractivity contribution in [1.29, 1.82) is 0 Å². The third-order valence-corrected chi connectivity index (χ3v) is 7.92. The van der Waals surface area contributed by atoms with E-state index in [1.807, 2.05) is 12.1 Å². The number of benzene rings is 2. The summed E-state index contributed by atoms with van der Waals surface area (Å²) in [6.45, 7) is 0.942. The molecule has 2 heterocycles. The summed E-state index contributed by atoms with van der Waals surface area (Å²) in [7, 11) is -4.20. The molecule has 0 atom stereocenters. The number of aryl methyl sites for hydroxylation is 2. The van der Waals surface area contributed by atoms with Crippen LogP contribution in [0.15, 0.2) is 41.4 Å². The molecule has 2 aromatic carbocycles. The van der Waals surface area contributed by atoms with E-state index in [0.29, 0.717) is 40.0 Å². The van der Waals surface area contributed by atoms with Gasteiger partial charge < -0.3 is 10.1 Å². The molecule has 0 bridgehead atoms. The minimum atomic E-state index is -4.20. The second-order valence-electron chi connectivity index (χ2n) is 7.88. The Morgan fingerprint density at radius 1 is 1.09 bits per heavy atom. The molecule has 1 aliphatic heterocycles. The molecular weight excluding hydrogens is 487 g/mol. The summed E-state index contributed by atoms with van der Waals surface area (Å²) in [5.41, 5.74) is 3.91. The molecule has 11 heteroatoms. The molecule has 1 aliphatic carbocycles. The Morgan fingerprint density at radius 3 is 2.79 bits per heavy atom. The maximum Gasteiger partial charge on any atom is 0.333 e. The van der Waals surface area contributed by atoms with E-state index < -0.39 is 16.1 Å². The Morgan fingerprint density at radius 2 is 1.94 bits per heavy atom. The Balaban J connectivity index is 1.48. The highest BCUT2D eigenvalue weighted by atomic mass is 35.5. The number of anilines is 1. The van der Waals surface area contributed by atoms with Crippen molar-refractivity contribution in [2.75, 3.05) is 11.9 Å². The minimum absolute atomic E-state index is 0.133. The molecular formula is C22H20Cl2N4O4S. The zero-order valence-electron chi connectivity index (χ0n) is 17.4. The number of hydrogen-bond acceptors (Lipinski definition) is 5. The smallest absolute Gasteiger partial charge is 0.333 e. The Labute approximate surface area is 200 Å². The summed E-state index contributed by atoms with van der Waals surface area (Å²) < 4.78 is 34.8. The number of halogens is 2. The van der Waals surface area contributed by atoms with Crippen LogP contribution in [0.4, 0.5) is 10.5 Å². The number of carbonyl (C=O) groups excluding carboxylic acids is 1. The summed E-state index contributed by atoms with van der Waals surface area (Å²) in [4.78, 5) is 12.7. The van der Waals surface area contributed by atoms with Crippen molar-refractivity contribution < 1.29 is 17.9 Å². The van der Waals surface area contributed by atoms with Gasteiger partial charge in [0.25, 0.3) is 10.0 Å². The number of carbonyl (C=O) groups is 1. The number of sulfonamides is 1. The van der Waals surface area contributed by atoms with Gasteiger partial charge in [-0.3, -0.25) is 0 Å². The summed E-state index contributed by atoms with van der Waals surface area (Å²) in [5, 5.41) is 7.55. The molecule has 2 N–H and O–H groups in total. The van der Waals surface area contributed by atoms with Crippen molar-refractivity contribution in [3.05, 3.63) is 57.7 Å². The van der Waals surface area contributed by atoms with E-state index in [2.05, 4.69) is 15.1 Å². The van der Waals surface area contributed by atoms with Crippen molar-refractivity contribution >= 4 is 44.9 Å². The number of ether oxygens (including phenoxy) is 1. The van der Waals surface area contributed by atoms with Crippen LogP contribution >= 0.6 is 23.2 Å². The van der Waals surface area contributed by atoms with E-state index in [4.69, 9.17) is 27.9 Å². The number of rotatable bonds is 4. The zero-order valence-corrected chi connectivity index (χ0v) is 19.7. The maximum atomic E-state index is 12.9.